The molecule has 0 saturated carbocycles. The summed E-state index contributed by atoms with van der Waals surface area (Å²) >= 11 is 0. The van der Waals surface area contributed by atoms with Crippen molar-refractivity contribution in [3.8, 4) is 5.75 Å². The van der Waals surface area contributed by atoms with Gasteiger partial charge in [-0.25, -0.2) is 4.79 Å². The van der Waals surface area contributed by atoms with Crippen molar-refractivity contribution in [2.45, 2.75) is 12.6 Å². The molecule has 0 unspecified atom stereocenters. The molecule has 0 bridgehead atoms. The summed E-state index contributed by atoms with van der Waals surface area (Å²) < 4.78 is 10.4. The van der Waals surface area contributed by atoms with Gasteiger partial charge in [-0.15, -0.1) is 0 Å². The average molecular weight is 191 g/mol. The second kappa shape index (κ2) is 2.48. The first-order valence-electron chi connectivity index (χ1n) is 4.48. The third kappa shape index (κ3) is 0.834. The summed E-state index contributed by atoms with van der Waals surface area (Å²) in [7, 11) is 0. The predicted molar refractivity (Wildman–Crippen MR) is 48.0 cm³/mol. The minimum absolute atomic E-state index is 0.0778. The molecule has 2 N–H and O–H groups in total. The van der Waals surface area contributed by atoms with Crippen molar-refractivity contribution in [2.24, 2.45) is 5.73 Å². The summed E-state index contributed by atoms with van der Waals surface area (Å²) in [5, 5.41) is 0. The molecule has 4 nitrogen and oxygen atoms in total. The van der Waals surface area contributed by atoms with Gasteiger partial charge < -0.3 is 15.2 Å². The molecule has 0 amide bonds. The Labute approximate surface area is 80.6 Å². The standard InChI is InChI=1S/C10H9NO3/c11-8-4-13-9-6(8)2-1-5-7(9)3-14-10(5)12/h1-2,8H,3-4,11H2/t8-/m0/s1. The molecule has 2 aliphatic heterocycles. The Morgan fingerprint density at radius 1 is 1.36 bits per heavy atom. The zero-order chi connectivity index (χ0) is 9.71. The van der Waals surface area contributed by atoms with Gasteiger partial charge in [0.1, 0.15) is 19.0 Å². The van der Waals surface area contributed by atoms with Crippen LogP contribution in [0.25, 0.3) is 0 Å². The third-order valence-corrected chi connectivity index (χ3v) is 2.67. The Bertz CT molecular complexity index is 428. The van der Waals surface area contributed by atoms with Crippen molar-refractivity contribution >= 4 is 5.97 Å². The van der Waals surface area contributed by atoms with E-state index in [1.807, 2.05) is 6.07 Å². The number of esters is 1. The van der Waals surface area contributed by atoms with Gasteiger partial charge in [0.05, 0.1) is 11.6 Å². The van der Waals surface area contributed by atoms with Crippen LogP contribution in [-0.2, 0) is 11.3 Å². The fourth-order valence-corrected chi connectivity index (χ4v) is 1.92. The van der Waals surface area contributed by atoms with Gasteiger partial charge in [0.15, 0.2) is 0 Å². The molecule has 1 aromatic carbocycles. The number of benzene rings is 1. The first-order chi connectivity index (χ1) is 6.77. The molecule has 0 aromatic heterocycles. The van der Waals surface area contributed by atoms with Crippen molar-refractivity contribution in [1.82, 2.24) is 0 Å². The Hall–Kier alpha value is -1.55. The molecule has 14 heavy (non-hydrogen) atoms. The number of nitrogens with two attached hydrogens (primary N) is 1. The zero-order valence-electron chi connectivity index (χ0n) is 7.45. The average Bonchev–Trinajstić information content (AvgIpc) is 2.72. The summed E-state index contributed by atoms with van der Waals surface area (Å²) in [4.78, 5) is 11.2. The van der Waals surface area contributed by atoms with Crippen LogP contribution in [0.5, 0.6) is 5.75 Å². The van der Waals surface area contributed by atoms with Gasteiger partial charge in [0, 0.05) is 11.1 Å². The number of carbonyl (C=O) groups is 1. The molecule has 3 rings (SSSR count). The van der Waals surface area contributed by atoms with Crippen molar-refractivity contribution in [3.63, 3.8) is 0 Å². The van der Waals surface area contributed by atoms with E-state index in [2.05, 4.69) is 0 Å². The number of ether oxygens (including phenoxy) is 2. The molecule has 72 valence electrons. The lowest BCUT2D eigenvalue weighted by Gasteiger charge is -2.03. The second-order valence-electron chi connectivity index (χ2n) is 3.50. The smallest absolute Gasteiger partial charge is 0.339 e. The van der Waals surface area contributed by atoms with Crippen molar-refractivity contribution in [2.75, 3.05) is 6.61 Å². The van der Waals surface area contributed by atoms with Crippen LogP contribution in [0.3, 0.4) is 0 Å². The van der Waals surface area contributed by atoms with Crippen LogP contribution in [-0.4, -0.2) is 12.6 Å². The minimum atomic E-state index is -0.271. The van der Waals surface area contributed by atoms with E-state index >= 15 is 0 Å². The first kappa shape index (κ1) is 7.82. The van der Waals surface area contributed by atoms with Gasteiger partial charge in [-0.2, -0.15) is 0 Å². The van der Waals surface area contributed by atoms with Crippen LogP contribution >= 0.6 is 0 Å². The molecule has 2 aliphatic rings. The Kier molecular flexibility index (Phi) is 1.39. The highest BCUT2D eigenvalue weighted by Gasteiger charge is 2.31. The summed E-state index contributed by atoms with van der Waals surface area (Å²) in [5.74, 6) is 0.479. The molecule has 0 aliphatic carbocycles. The Balaban J connectivity index is 2.23. The van der Waals surface area contributed by atoms with Crippen molar-refractivity contribution in [1.29, 1.82) is 0 Å². The van der Waals surface area contributed by atoms with Gasteiger partial charge in [0.25, 0.3) is 0 Å². The lowest BCUT2D eigenvalue weighted by atomic mass is 10.0. The maximum Gasteiger partial charge on any atom is 0.339 e. The normalized spacial score (nSPS) is 22.6. The number of rotatable bonds is 0. The van der Waals surface area contributed by atoms with Gasteiger partial charge in [-0.05, 0) is 6.07 Å². The van der Waals surface area contributed by atoms with E-state index in [9.17, 15) is 4.79 Å². The van der Waals surface area contributed by atoms with E-state index in [-0.39, 0.29) is 12.0 Å². The largest absolute Gasteiger partial charge is 0.491 e. The molecule has 2 heterocycles. The fraction of sp³-hybridized carbons (Fsp3) is 0.300. The second-order valence-corrected chi connectivity index (χ2v) is 3.50. The summed E-state index contributed by atoms with van der Waals surface area (Å²) in [6.07, 6.45) is 0. The summed E-state index contributed by atoms with van der Waals surface area (Å²) in [5.41, 5.74) is 8.26. The minimum Gasteiger partial charge on any atom is -0.491 e. The topological polar surface area (TPSA) is 61.6 Å². The Morgan fingerprint density at radius 2 is 2.21 bits per heavy atom. The van der Waals surface area contributed by atoms with Gasteiger partial charge in [-0.3, -0.25) is 0 Å². The lowest BCUT2D eigenvalue weighted by Crippen LogP contribution is -2.10. The van der Waals surface area contributed by atoms with Crippen LogP contribution in [0, 0.1) is 0 Å². The number of cyclic esters (lactones) is 1. The summed E-state index contributed by atoms with van der Waals surface area (Å²) in [6.45, 7) is 0.796. The van der Waals surface area contributed by atoms with Gasteiger partial charge >= 0.3 is 5.97 Å². The molecule has 4 heteroatoms. The van der Waals surface area contributed by atoms with Gasteiger partial charge in [-0.1, -0.05) is 6.07 Å². The molecule has 0 spiro atoms. The molecular formula is C10H9NO3. The Morgan fingerprint density at radius 3 is 3.07 bits per heavy atom. The lowest BCUT2D eigenvalue weighted by molar-refractivity contribution is 0.0534. The fourth-order valence-electron chi connectivity index (χ4n) is 1.92. The SMILES string of the molecule is N[C@H]1COc2c1ccc1c2COC1=O. The van der Waals surface area contributed by atoms with E-state index < -0.39 is 0 Å². The molecule has 0 radical (unpaired) electrons. The van der Waals surface area contributed by atoms with Crippen LogP contribution in [0.15, 0.2) is 12.1 Å². The molecular weight excluding hydrogens is 182 g/mol. The first-order valence-corrected chi connectivity index (χ1v) is 4.48. The van der Waals surface area contributed by atoms with Crippen LogP contribution in [0.2, 0.25) is 0 Å². The van der Waals surface area contributed by atoms with E-state index in [0.717, 1.165) is 16.9 Å². The van der Waals surface area contributed by atoms with Gasteiger partial charge in [0.2, 0.25) is 0 Å². The number of carbonyl (C=O) groups excluding carboxylic acids is 1. The number of hydrogen-bond acceptors (Lipinski definition) is 4. The zero-order valence-corrected chi connectivity index (χ0v) is 7.45. The van der Waals surface area contributed by atoms with Crippen LogP contribution < -0.4 is 10.5 Å². The van der Waals surface area contributed by atoms with E-state index in [0.29, 0.717) is 18.8 Å². The molecule has 0 fully saturated rings. The van der Waals surface area contributed by atoms with Crippen LogP contribution in [0.1, 0.15) is 27.5 Å². The van der Waals surface area contributed by atoms with Crippen molar-refractivity contribution in [3.05, 3.63) is 28.8 Å². The highest BCUT2D eigenvalue weighted by molar-refractivity contribution is 5.94. The van der Waals surface area contributed by atoms with E-state index in [1.54, 1.807) is 6.07 Å². The third-order valence-electron chi connectivity index (χ3n) is 2.67. The molecule has 1 atom stereocenters. The summed E-state index contributed by atoms with van der Waals surface area (Å²) in [6, 6.07) is 3.53. The van der Waals surface area contributed by atoms with Crippen molar-refractivity contribution < 1.29 is 14.3 Å². The van der Waals surface area contributed by atoms with E-state index in [4.69, 9.17) is 15.2 Å². The molecule has 1 aromatic rings. The van der Waals surface area contributed by atoms with Crippen LogP contribution in [0.4, 0.5) is 0 Å². The monoisotopic (exact) mass is 191 g/mol. The highest BCUT2D eigenvalue weighted by atomic mass is 16.5. The predicted octanol–water partition coefficient (Wildman–Crippen LogP) is 0.749. The quantitative estimate of drug-likeness (QED) is 0.614. The number of hydrogen-bond donors (Lipinski definition) is 1. The molecule has 0 saturated heterocycles. The highest BCUT2D eigenvalue weighted by Crippen LogP contribution is 2.39. The maximum atomic E-state index is 11.2. The van der Waals surface area contributed by atoms with E-state index in [1.165, 1.54) is 0 Å². The maximum absolute atomic E-state index is 11.2. The number of fused-ring (bicyclic) bond motifs is 3.